The van der Waals surface area contributed by atoms with Crippen LogP contribution in [-0.4, -0.2) is 14.1 Å². The highest BCUT2D eigenvalue weighted by Gasteiger charge is 2.39. The van der Waals surface area contributed by atoms with E-state index in [0.29, 0.717) is 5.92 Å². The van der Waals surface area contributed by atoms with Gasteiger partial charge in [0.15, 0.2) is 0 Å². The van der Waals surface area contributed by atoms with Gasteiger partial charge in [0, 0.05) is 5.56 Å². The van der Waals surface area contributed by atoms with Crippen LogP contribution in [0.5, 0.6) is 0 Å². The van der Waals surface area contributed by atoms with Gasteiger partial charge in [0.05, 0.1) is 20.0 Å². The van der Waals surface area contributed by atoms with Crippen molar-refractivity contribution in [3.63, 3.8) is 0 Å². The second-order valence-corrected chi connectivity index (χ2v) is 4.23. The Morgan fingerprint density at radius 2 is 1.85 bits per heavy atom. The molecule has 1 atom stereocenters. The fourth-order valence-electron chi connectivity index (χ4n) is 2.18. The van der Waals surface area contributed by atoms with E-state index in [1.165, 1.54) is 16.9 Å². The Bertz CT molecular complexity index is 363. The maximum absolute atomic E-state index is 4.17. The monoisotopic (exact) mass is 174 g/mol. The molecule has 0 aromatic heterocycles. The van der Waals surface area contributed by atoms with Crippen molar-refractivity contribution >= 4 is 5.69 Å². The van der Waals surface area contributed by atoms with Crippen LogP contribution in [0.15, 0.2) is 36.5 Å². The van der Waals surface area contributed by atoms with E-state index in [-0.39, 0.29) is 0 Å². The Balaban J connectivity index is 2.68. The van der Waals surface area contributed by atoms with Crippen molar-refractivity contribution in [2.24, 2.45) is 0 Å². The summed E-state index contributed by atoms with van der Waals surface area (Å²) in [6.45, 7) is 6.41. The number of nitrogens with zero attached hydrogens (tertiary/aromatic N) is 1. The van der Waals surface area contributed by atoms with Gasteiger partial charge in [-0.05, 0) is 19.6 Å². The summed E-state index contributed by atoms with van der Waals surface area (Å²) in [4.78, 5) is 0. The molecule has 0 aliphatic carbocycles. The first-order valence-electron chi connectivity index (χ1n) is 4.68. The second kappa shape index (κ2) is 2.46. The summed E-state index contributed by atoms with van der Waals surface area (Å²) < 4.78 is 0.831. The zero-order valence-electron chi connectivity index (χ0n) is 8.54. The third-order valence-corrected chi connectivity index (χ3v) is 3.22. The number of rotatable bonds is 0. The molecule has 1 aliphatic heterocycles. The summed E-state index contributed by atoms with van der Waals surface area (Å²) in [5.41, 5.74) is 4.10. The molecule has 0 radical (unpaired) electrons. The van der Waals surface area contributed by atoms with E-state index in [0.717, 1.165) is 4.48 Å². The predicted molar refractivity (Wildman–Crippen MR) is 57.6 cm³/mol. The lowest BCUT2D eigenvalue weighted by atomic mass is 10.0. The summed E-state index contributed by atoms with van der Waals surface area (Å²) in [7, 11) is 4.40. The van der Waals surface area contributed by atoms with E-state index in [1.54, 1.807) is 0 Å². The van der Waals surface area contributed by atoms with Gasteiger partial charge in [-0.1, -0.05) is 18.2 Å². The molecule has 2 rings (SSSR count). The summed E-state index contributed by atoms with van der Waals surface area (Å²) in [6.07, 6.45) is 0. The van der Waals surface area contributed by atoms with Crippen molar-refractivity contribution in [2.45, 2.75) is 12.8 Å². The molecule has 0 bridgehead atoms. The largest absolute Gasteiger partial charge is 0.267 e. The van der Waals surface area contributed by atoms with Crippen LogP contribution in [0, 0.1) is 0 Å². The van der Waals surface area contributed by atoms with E-state index in [1.807, 2.05) is 0 Å². The van der Waals surface area contributed by atoms with Crippen molar-refractivity contribution in [1.82, 2.24) is 4.48 Å². The lowest BCUT2D eigenvalue weighted by Crippen LogP contribution is -2.36. The van der Waals surface area contributed by atoms with Gasteiger partial charge in [-0.25, -0.2) is 0 Å². The second-order valence-electron chi connectivity index (χ2n) is 4.23. The molecule has 0 saturated heterocycles. The summed E-state index contributed by atoms with van der Waals surface area (Å²) >= 11 is 0. The van der Waals surface area contributed by atoms with E-state index in [4.69, 9.17) is 0 Å². The minimum absolute atomic E-state index is 0.492. The molecule has 0 N–H and O–H groups in total. The standard InChI is InChI=1S/C12H16N/c1-9-10(2)13(3,4)12-8-6-5-7-11(9)12/h5-9H,2H2,1,3-4H3/q+1. The Kier molecular flexibility index (Phi) is 1.61. The minimum Gasteiger partial charge on any atom is -0.267 e. The third-order valence-electron chi connectivity index (χ3n) is 3.22. The molecule has 1 aromatic rings. The smallest absolute Gasteiger partial charge is 0.141 e. The molecule has 1 nitrogen and oxygen atoms in total. The molecule has 0 amide bonds. The average molecular weight is 174 g/mol. The topological polar surface area (TPSA) is 0 Å². The first-order valence-corrected chi connectivity index (χ1v) is 4.68. The number of fused-ring (bicyclic) bond motifs is 1. The van der Waals surface area contributed by atoms with Gasteiger partial charge in [0.1, 0.15) is 11.4 Å². The Hall–Kier alpha value is -1.08. The molecule has 1 heteroatoms. The Morgan fingerprint density at radius 3 is 2.46 bits per heavy atom. The van der Waals surface area contributed by atoms with Gasteiger partial charge in [0.25, 0.3) is 0 Å². The van der Waals surface area contributed by atoms with Gasteiger partial charge in [0.2, 0.25) is 0 Å². The van der Waals surface area contributed by atoms with E-state index >= 15 is 0 Å². The van der Waals surface area contributed by atoms with Crippen LogP contribution < -0.4 is 4.48 Å². The zero-order chi connectivity index (χ0) is 9.64. The van der Waals surface area contributed by atoms with E-state index in [9.17, 15) is 0 Å². The normalized spacial score (nSPS) is 24.5. The number of benzene rings is 1. The molecule has 68 valence electrons. The van der Waals surface area contributed by atoms with Crippen LogP contribution in [-0.2, 0) is 0 Å². The van der Waals surface area contributed by atoms with Gasteiger partial charge in [-0.15, -0.1) is 0 Å². The molecular formula is C12H16N+. The zero-order valence-corrected chi connectivity index (χ0v) is 8.54. The molecule has 1 heterocycles. The van der Waals surface area contributed by atoms with Crippen molar-refractivity contribution in [2.75, 3.05) is 14.1 Å². The summed E-state index contributed by atoms with van der Waals surface area (Å²) in [5, 5.41) is 0. The number of likely N-dealkylation sites (N-methyl/N-ethyl adjacent to an activating group) is 1. The van der Waals surface area contributed by atoms with Crippen molar-refractivity contribution in [3.05, 3.63) is 42.1 Å². The van der Waals surface area contributed by atoms with Gasteiger partial charge < -0.3 is 0 Å². The van der Waals surface area contributed by atoms with Crippen LogP contribution in [0.4, 0.5) is 5.69 Å². The highest BCUT2D eigenvalue weighted by atomic mass is 15.3. The predicted octanol–water partition coefficient (Wildman–Crippen LogP) is 2.88. The molecule has 1 unspecified atom stereocenters. The van der Waals surface area contributed by atoms with Crippen molar-refractivity contribution in [3.8, 4) is 0 Å². The van der Waals surface area contributed by atoms with E-state index in [2.05, 4.69) is 51.9 Å². The Morgan fingerprint density at radius 1 is 1.23 bits per heavy atom. The highest BCUT2D eigenvalue weighted by Crippen LogP contribution is 2.45. The van der Waals surface area contributed by atoms with Gasteiger partial charge >= 0.3 is 0 Å². The third kappa shape index (κ3) is 0.971. The summed E-state index contributed by atoms with van der Waals surface area (Å²) in [5.74, 6) is 0.492. The quantitative estimate of drug-likeness (QED) is 0.530. The number of hydrogen-bond donors (Lipinski definition) is 0. The fraction of sp³-hybridized carbons (Fsp3) is 0.333. The molecule has 1 aromatic carbocycles. The maximum Gasteiger partial charge on any atom is 0.141 e. The van der Waals surface area contributed by atoms with Gasteiger partial charge in [-0.3, -0.25) is 4.48 Å². The maximum atomic E-state index is 4.17. The van der Waals surface area contributed by atoms with Gasteiger partial charge in [-0.2, -0.15) is 0 Å². The molecular weight excluding hydrogens is 158 g/mol. The van der Waals surface area contributed by atoms with Crippen molar-refractivity contribution < 1.29 is 0 Å². The first-order chi connectivity index (χ1) is 6.05. The number of quaternary nitrogens is 1. The lowest BCUT2D eigenvalue weighted by Gasteiger charge is -2.25. The fourth-order valence-corrected chi connectivity index (χ4v) is 2.18. The minimum atomic E-state index is 0.492. The number of allylic oxidation sites excluding steroid dienone is 1. The molecule has 0 fully saturated rings. The van der Waals surface area contributed by atoms with E-state index < -0.39 is 0 Å². The molecule has 1 aliphatic rings. The van der Waals surface area contributed by atoms with Crippen LogP contribution >= 0.6 is 0 Å². The van der Waals surface area contributed by atoms with Crippen LogP contribution in [0.3, 0.4) is 0 Å². The average Bonchev–Trinajstić information content (AvgIpc) is 2.30. The molecule has 13 heavy (non-hydrogen) atoms. The SMILES string of the molecule is C=C1C(C)c2ccccc2[N+]1(C)C. The van der Waals surface area contributed by atoms with Crippen LogP contribution in [0.2, 0.25) is 0 Å². The summed E-state index contributed by atoms with van der Waals surface area (Å²) in [6, 6.07) is 8.61. The molecule has 0 spiro atoms. The van der Waals surface area contributed by atoms with Crippen LogP contribution in [0.25, 0.3) is 0 Å². The van der Waals surface area contributed by atoms with Crippen molar-refractivity contribution in [1.29, 1.82) is 0 Å². The Labute approximate surface area is 79.9 Å². The number of hydrogen-bond acceptors (Lipinski definition) is 0. The lowest BCUT2D eigenvalue weighted by molar-refractivity contribution is 0.497. The highest BCUT2D eigenvalue weighted by molar-refractivity contribution is 5.62. The van der Waals surface area contributed by atoms with Crippen LogP contribution in [0.1, 0.15) is 18.4 Å². The number of para-hydroxylation sites is 1. The molecule has 0 saturated carbocycles. The first kappa shape index (κ1) is 8.52.